The van der Waals surface area contributed by atoms with E-state index in [0.717, 1.165) is 11.1 Å². The number of ether oxygens (including phenoxy) is 3. The average Bonchev–Trinajstić information content (AvgIpc) is 2.89. The molecule has 1 N–H and O–H groups in total. The SMILES string of the molecule is COc1cccc(-c2cc(C(=O)Cc3cc4cc(OC)c(CO)c(C)c4oc3=O)ccc2OC)c1. The van der Waals surface area contributed by atoms with Gasteiger partial charge in [-0.1, -0.05) is 12.1 Å². The van der Waals surface area contributed by atoms with Gasteiger partial charge in [-0.15, -0.1) is 0 Å². The number of carbonyl (C=O) groups excluding carboxylic acids is 1. The maximum atomic E-state index is 13.2. The van der Waals surface area contributed by atoms with Crippen molar-refractivity contribution in [2.75, 3.05) is 21.3 Å². The van der Waals surface area contributed by atoms with Crippen molar-refractivity contribution in [3.63, 3.8) is 0 Å². The second kappa shape index (κ2) is 10.0. The van der Waals surface area contributed by atoms with Gasteiger partial charge in [0.2, 0.25) is 0 Å². The highest BCUT2D eigenvalue weighted by Gasteiger charge is 2.18. The molecule has 0 fully saturated rings. The quantitative estimate of drug-likeness (QED) is 0.292. The molecule has 4 rings (SSSR count). The summed E-state index contributed by atoms with van der Waals surface area (Å²) >= 11 is 0. The van der Waals surface area contributed by atoms with Crippen LogP contribution in [0.2, 0.25) is 0 Å². The second-order valence-corrected chi connectivity index (χ2v) is 8.06. The van der Waals surface area contributed by atoms with E-state index in [0.29, 0.717) is 44.9 Å². The normalized spacial score (nSPS) is 10.9. The van der Waals surface area contributed by atoms with Gasteiger partial charge in [0.15, 0.2) is 5.78 Å². The molecule has 0 saturated carbocycles. The molecule has 0 radical (unpaired) electrons. The molecule has 35 heavy (non-hydrogen) atoms. The molecule has 0 aliphatic carbocycles. The van der Waals surface area contributed by atoms with Crippen LogP contribution in [0, 0.1) is 6.92 Å². The average molecular weight is 475 g/mol. The molecule has 0 spiro atoms. The van der Waals surface area contributed by atoms with Crippen molar-refractivity contribution < 1.29 is 28.5 Å². The molecule has 4 aromatic rings. The number of aliphatic hydroxyl groups excluding tert-OH is 1. The minimum Gasteiger partial charge on any atom is -0.497 e. The van der Waals surface area contributed by atoms with Gasteiger partial charge in [0, 0.05) is 39.6 Å². The van der Waals surface area contributed by atoms with Gasteiger partial charge < -0.3 is 23.7 Å². The number of hydrogen-bond donors (Lipinski definition) is 1. The Morgan fingerprint density at radius 2 is 1.71 bits per heavy atom. The molecular formula is C28H26O7. The van der Waals surface area contributed by atoms with Crippen molar-refractivity contribution in [2.45, 2.75) is 20.0 Å². The van der Waals surface area contributed by atoms with E-state index < -0.39 is 5.63 Å². The van der Waals surface area contributed by atoms with Crippen LogP contribution in [0.3, 0.4) is 0 Å². The standard InChI is InChI=1S/C28H26O7/c1-16-23(15-29)26(34-4)14-19-10-20(28(31)35-27(16)19)13-24(30)18-8-9-25(33-3)22(12-18)17-6-5-7-21(11-17)32-2/h5-12,14,29H,13,15H2,1-4H3. The van der Waals surface area contributed by atoms with Crippen molar-refractivity contribution in [1.82, 2.24) is 0 Å². The number of Topliss-reactive ketones (excluding diaryl/α,β-unsaturated/α-hetero) is 1. The lowest BCUT2D eigenvalue weighted by molar-refractivity contribution is 0.0992. The lowest BCUT2D eigenvalue weighted by Gasteiger charge is -2.13. The number of carbonyl (C=O) groups is 1. The molecule has 180 valence electrons. The van der Waals surface area contributed by atoms with Crippen molar-refractivity contribution in [2.24, 2.45) is 0 Å². The Kier molecular flexibility index (Phi) is 6.89. The van der Waals surface area contributed by atoms with Gasteiger partial charge in [-0.3, -0.25) is 4.79 Å². The lowest BCUT2D eigenvalue weighted by Crippen LogP contribution is -2.14. The van der Waals surface area contributed by atoms with E-state index >= 15 is 0 Å². The largest absolute Gasteiger partial charge is 0.497 e. The lowest BCUT2D eigenvalue weighted by atomic mass is 9.97. The van der Waals surface area contributed by atoms with E-state index in [-0.39, 0.29) is 24.4 Å². The topological polar surface area (TPSA) is 95.2 Å². The van der Waals surface area contributed by atoms with Crippen molar-refractivity contribution in [3.05, 3.63) is 87.3 Å². The van der Waals surface area contributed by atoms with Crippen molar-refractivity contribution >= 4 is 16.8 Å². The Labute approximate surface area is 202 Å². The highest BCUT2D eigenvalue weighted by Crippen LogP contribution is 2.34. The molecule has 0 bridgehead atoms. The number of methoxy groups -OCH3 is 3. The maximum absolute atomic E-state index is 13.2. The summed E-state index contributed by atoms with van der Waals surface area (Å²) in [6, 6.07) is 16.0. The Hall–Kier alpha value is -4.10. The summed E-state index contributed by atoms with van der Waals surface area (Å²) in [7, 11) is 4.67. The van der Waals surface area contributed by atoms with Crippen LogP contribution in [0.25, 0.3) is 22.1 Å². The fraction of sp³-hybridized carbons (Fsp3) is 0.214. The molecule has 0 atom stereocenters. The maximum Gasteiger partial charge on any atom is 0.339 e. The molecule has 3 aromatic carbocycles. The van der Waals surface area contributed by atoms with E-state index in [2.05, 4.69) is 0 Å². The second-order valence-electron chi connectivity index (χ2n) is 8.06. The van der Waals surface area contributed by atoms with Crippen molar-refractivity contribution in [1.29, 1.82) is 0 Å². The van der Waals surface area contributed by atoms with Gasteiger partial charge in [-0.25, -0.2) is 4.79 Å². The molecule has 0 amide bonds. The fourth-order valence-electron chi connectivity index (χ4n) is 4.15. The van der Waals surface area contributed by atoms with Crippen LogP contribution >= 0.6 is 0 Å². The van der Waals surface area contributed by atoms with E-state index in [1.165, 1.54) is 7.11 Å². The van der Waals surface area contributed by atoms with Gasteiger partial charge in [0.25, 0.3) is 0 Å². The summed E-state index contributed by atoms with van der Waals surface area (Å²) in [6.45, 7) is 1.50. The first-order valence-electron chi connectivity index (χ1n) is 11.0. The predicted octanol–water partition coefficient (Wildman–Crippen LogP) is 4.71. The summed E-state index contributed by atoms with van der Waals surface area (Å²) in [4.78, 5) is 25.9. The van der Waals surface area contributed by atoms with Crippen LogP contribution < -0.4 is 19.8 Å². The fourth-order valence-corrected chi connectivity index (χ4v) is 4.15. The highest BCUT2D eigenvalue weighted by molar-refractivity contribution is 5.99. The van der Waals surface area contributed by atoms with E-state index in [9.17, 15) is 14.7 Å². The third-order valence-electron chi connectivity index (χ3n) is 6.06. The molecule has 0 aliphatic rings. The molecule has 7 heteroatoms. The minimum atomic E-state index is -0.593. The summed E-state index contributed by atoms with van der Waals surface area (Å²) < 4.78 is 21.7. The molecular weight excluding hydrogens is 448 g/mol. The van der Waals surface area contributed by atoms with Crippen LogP contribution in [0.15, 0.2) is 63.8 Å². The van der Waals surface area contributed by atoms with Crippen molar-refractivity contribution in [3.8, 4) is 28.4 Å². The van der Waals surface area contributed by atoms with Crippen LogP contribution in [0.4, 0.5) is 0 Å². The molecule has 0 saturated heterocycles. The molecule has 0 aliphatic heterocycles. The summed E-state index contributed by atoms with van der Waals surface area (Å²) in [5.41, 5.74) is 3.19. The third kappa shape index (κ3) is 4.63. The number of rotatable bonds is 8. The number of aliphatic hydroxyl groups is 1. The Bertz CT molecular complexity index is 1470. The van der Waals surface area contributed by atoms with E-state index in [1.54, 1.807) is 51.5 Å². The van der Waals surface area contributed by atoms with E-state index in [1.807, 2.05) is 24.3 Å². The number of fused-ring (bicyclic) bond motifs is 1. The minimum absolute atomic E-state index is 0.134. The first-order valence-corrected chi connectivity index (χ1v) is 11.0. The molecule has 1 heterocycles. The number of ketones is 1. The molecule has 1 aromatic heterocycles. The predicted molar refractivity (Wildman–Crippen MR) is 133 cm³/mol. The van der Waals surface area contributed by atoms with Crippen LogP contribution in [0.5, 0.6) is 17.2 Å². The Balaban J connectivity index is 1.72. The van der Waals surface area contributed by atoms with Crippen LogP contribution in [-0.2, 0) is 13.0 Å². The third-order valence-corrected chi connectivity index (χ3v) is 6.06. The van der Waals surface area contributed by atoms with Gasteiger partial charge in [0.05, 0.1) is 27.9 Å². The van der Waals surface area contributed by atoms with Crippen LogP contribution in [-0.4, -0.2) is 32.2 Å². The van der Waals surface area contributed by atoms with Gasteiger partial charge in [-0.2, -0.15) is 0 Å². The first kappa shape index (κ1) is 24.0. The number of benzene rings is 3. The molecule has 0 unspecified atom stereocenters. The Morgan fingerprint density at radius 3 is 2.40 bits per heavy atom. The first-order chi connectivity index (χ1) is 16.9. The number of aryl methyl sites for hydroxylation is 1. The zero-order valence-corrected chi connectivity index (χ0v) is 20.0. The molecule has 7 nitrogen and oxygen atoms in total. The summed E-state index contributed by atoms with van der Waals surface area (Å²) in [6.07, 6.45) is -0.134. The van der Waals surface area contributed by atoms with Gasteiger partial charge in [-0.05, 0) is 55.0 Å². The summed E-state index contributed by atoms with van der Waals surface area (Å²) in [5.74, 6) is 1.55. The van der Waals surface area contributed by atoms with Gasteiger partial charge in [0.1, 0.15) is 22.8 Å². The monoisotopic (exact) mass is 474 g/mol. The highest BCUT2D eigenvalue weighted by atomic mass is 16.5. The zero-order valence-electron chi connectivity index (χ0n) is 20.0. The van der Waals surface area contributed by atoms with Crippen LogP contribution in [0.1, 0.15) is 27.0 Å². The zero-order chi connectivity index (χ0) is 25.1. The number of hydrogen-bond acceptors (Lipinski definition) is 7. The van der Waals surface area contributed by atoms with Gasteiger partial charge >= 0.3 is 5.63 Å². The smallest absolute Gasteiger partial charge is 0.339 e. The Morgan fingerprint density at radius 1 is 0.943 bits per heavy atom. The van der Waals surface area contributed by atoms with E-state index in [4.69, 9.17) is 18.6 Å². The summed E-state index contributed by atoms with van der Waals surface area (Å²) in [5, 5.41) is 10.3.